The number of morpholine rings is 1. The molecule has 0 amide bonds. The highest BCUT2D eigenvalue weighted by molar-refractivity contribution is 4.96. The fourth-order valence-electron chi connectivity index (χ4n) is 5.48. The Morgan fingerprint density at radius 1 is 0.756 bits per heavy atom. The number of nitrogens with one attached hydrogen (secondary N) is 1. The molecule has 5 rings (SSSR count). The van der Waals surface area contributed by atoms with E-state index in [-0.39, 0.29) is 0 Å². The molecule has 4 saturated heterocycles. The van der Waals surface area contributed by atoms with Gasteiger partial charge in [0.2, 0.25) is 0 Å². The lowest BCUT2D eigenvalue weighted by Crippen LogP contribution is -2.36. The fourth-order valence-corrected chi connectivity index (χ4v) is 5.48. The Labute approximate surface area is 255 Å². The number of furan rings is 1. The van der Waals surface area contributed by atoms with Crippen LogP contribution in [0.3, 0.4) is 0 Å². The molecule has 1 N–H and O–H groups in total. The minimum atomic E-state index is 0.597. The maximum Gasteiger partial charge on any atom is 0.103 e. The van der Waals surface area contributed by atoms with Gasteiger partial charge in [-0.1, -0.05) is 53.9 Å². The molecule has 0 spiro atoms. The van der Waals surface area contributed by atoms with Crippen molar-refractivity contribution in [3.05, 3.63) is 24.2 Å². The van der Waals surface area contributed by atoms with Crippen LogP contribution in [-0.2, 0) is 15.9 Å². The van der Waals surface area contributed by atoms with Crippen LogP contribution in [-0.4, -0.2) is 88.1 Å². The minimum absolute atomic E-state index is 0.597. The quantitative estimate of drug-likeness (QED) is 0.339. The third kappa shape index (κ3) is 21.4. The van der Waals surface area contributed by atoms with Gasteiger partial charge >= 0.3 is 0 Å². The summed E-state index contributed by atoms with van der Waals surface area (Å²) in [5, 5.41) is 3.35. The summed E-state index contributed by atoms with van der Waals surface area (Å²) in [7, 11) is 0. The second-order valence-electron chi connectivity index (χ2n) is 11.8. The molecular weight excluding hydrogens is 510 g/mol. The summed E-state index contributed by atoms with van der Waals surface area (Å²) < 4.78 is 15.5. The molecule has 0 bridgehead atoms. The lowest BCUT2D eigenvalue weighted by atomic mass is 9.96. The van der Waals surface area contributed by atoms with Gasteiger partial charge < -0.3 is 24.1 Å². The highest BCUT2D eigenvalue weighted by atomic mass is 16.5. The average Bonchev–Trinajstić information content (AvgIpc) is 3.78. The van der Waals surface area contributed by atoms with E-state index in [9.17, 15) is 0 Å². The summed E-state index contributed by atoms with van der Waals surface area (Å²) in [6, 6.07) is 3.87. The zero-order valence-corrected chi connectivity index (χ0v) is 28.0. The maximum atomic E-state index is 5.30. The molecule has 4 aliphatic rings. The Kier molecular flexibility index (Phi) is 25.9. The van der Waals surface area contributed by atoms with E-state index in [1.165, 1.54) is 116 Å². The van der Waals surface area contributed by atoms with Crippen LogP contribution in [0.5, 0.6) is 0 Å². The number of unbranched alkanes of at least 4 members (excludes halogenated alkanes) is 1. The van der Waals surface area contributed by atoms with E-state index >= 15 is 0 Å². The second-order valence-corrected chi connectivity index (χ2v) is 11.8. The summed E-state index contributed by atoms with van der Waals surface area (Å²) >= 11 is 0. The van der Waals surface area contributed by atoms with Crippen molar-refractivity contribution in [2.45, 2.75) is 124 Å². The third-order valence-corrected chi connectivity index (χ3v) is 8.36. The molecule has 242 valence electrons. The molecule has 4 aliphatic heterocycles. The number of ether oxygens (including phenoxy) is 2. The van der Waals surface area contributed by atoms with Crippen LogP contribution in [0.15, 0.2) is 22.8 Å². The highest BCUT2D eigenvalue weighted by Crippen LogP contribution is 2.14. The molecule has 0 radical (unpaired) electrons. The molecule has 6 nitrogen and oxygen atoms in total. The Morgan fingerprint density at radius 3 is 1.90 bits per heavy atom. The third-order valence-electron chi connectivity index (χ3n) is 8.36. The first-order valence-electron chi connectivity index (χ1n) is 17.5. The molecule has 0 aliphatic carbocycles. The molecule has 1 unspecified atom stereocenters. The fraction of sp³-hybridized carbons (Fsp3) is 0.886. The van der Waals surface area contributed by atoms with E-state index in [0.717, 1.165) is 51.0 Å². The molecular formula is C35H69N3O3. The average molecular weight is 580 g/mol. The van der Waals surface area contributed by atoms with Crippen molar-refractivity contribution in [1.82, 2.24) is 15.1 Å². The Balaban J connectivity index is 0.000000258. The molecule has 6 heteroatoms. The van der Waals surface area contributed by atoms with E-state index in [4.69, 9.17) is 13.9 Å². The molecule has 1 aromatic heterocycles. The van der Waals surface area contributed by atoms with Crippen molar-refractivity contribution in [3.63, 3.8) is 0 Å². The number of piperidine rings is 2. The first-order chi connectivity index (χ1) is 20.2. The van der Waals surface area contributed by atoms with Gasteiger partial charge in [-0.3, -0.25) is 4.90 Å². The zero-order valence-electron chi connectivity index (χ0n) is 28.0. The van der Waals surface area contributed by atoms with Gasteiger partial charge in [-0.15, -0.1) is 0 Å². The van der Waals surface area contributed by atoms with Gasteiger partial charge in [0.05, 0.1) is 25.6 Å². The van der Waals surface area contributed by atoms with Crippen LogP contribution in [0, 0.1) is 5.92 Å². The van der Waals surface area contributed by atoms with Crippen molar-refractivity contribution in [2.75, 3.05) is 72.2 Å². The van der Waals surface area contributed by atoms with Crippen LogP contribution in [0.25, 0.3) is 0 Å². The maximum absolute atomic E-state index is 5.30. The topological polar surface area (TPSA) is 50.1 Å². The van der Waals surface area contributed by atoms with Gasteiger partial charge in [0.15, 0.2) is 0 Å². The molecule has 1 atom stereocenters. The molecule has 5 heterocycles. The van der Waals surface area contributed by atoms with Gasteiger partial charge in [0.25, 0.3) is 0 Å². The summed E-state index contributed by atoms with van der Waals surface area (Å²) in [6.07, 6.45) is 19.5. The first-order valence-corrected chi connectivity index (χ1v) is 17.5. The van der Waals surface area contributed by atoms with E-state index in [0.29, 0.717) is 6.10 Å². The molecule has 0 aromatic carbocycles. The van der Waals surface area contributed by atoms with Crippen molar-refractivity contribution in [1.29, 1.82) is 0 Å². The molecule has 0 saturated carbocycles. The smallest absolute Gasteiger partial charge is 0.103 e. The Hall–Kier alpha value is -0.920. The normalized spacial score (nSPS) is 21.6. The Bertz CT molecular complexity index is 616. The van der Waals surface area contributed by atoms with Crippen molar-refractivity contribution < 1.29 is 13.9 Å². The highest BCUT2D eigenvalue weighted by Gasteiger charge is 2.12. The lowest BCUT2D eigenvalue weighted by molar-refractivity contribution is 0.0373. The molecule has 1 aromatic rings. The Morgan fingerprint density at radius 2 is 1.46 bits per heavy atom. The summed E-state index contributed by atoms with van der Waals surface area (Å²) in [6.45, 7) is 24.0. The minimum Gasteiger partial charge on any atom is -0.469 e. The number of nitrogens with zero attached hydrogens (tertiary/aromatic N) is 2. The van der Waals surface area contributed by atoms with Crippen LogP contribution in [0.4, 0.5) is 0 Å². The van der Waals surface area contributed by atoms with E-state index < -0.39 is 0 Å². The van der Waals surface area contributed by atoms with Crippen molar-refractivity contribution in [3.8, 4) is 0 Å². The largest absolute Gasteiger partial charge is 0.469 e. The predicted octanol–water partition coefficient (Wildman–Crippen LogP) is 7.81. The zero-order chi connectivity index (χ0) is 29.8. The van der Waals surface area contributed by atoms with E-state index in [1.54, 1.807) is 6.26 Å². The van der Waals surface area contributed by atoms with Crippen molar-refractivity contribution in [2.24, 2.45) is 5.92 Å². The van der Waals surface area contributed by atoms with E-state index in [2.05, 4.69) is 49.7 Å². The predicted molar refractivity (Wildman–Crippen MR) is 176 cm³/mol. The van der Waals surface area contributed by atoms with Crippen molar-refractivity contribution >= 4 is 0 Å². The standard InChI is InChI=1S/C8H17NO.C8H17N.C7H15N.C6H12O.C6H8O/c1-2-3-4-9-5-7-10-8-6-9;1-2-6-9-7-4-3-5-8-9;1-2-7-3-5-8-6-4-7;2*1-2-6-4-3-5-7-6/h2-8H2,1H3;2-8H2,1H3;7-8H,2-6H2,1H3;6H,2-5H2,1H3;3-5H,2H2,1H3. The van der Waals surface area contributed by atoms with Gasteiger partial charge in [-0.25, -0.2) is 0 Å². The summed E-state index contributed by atoms with van der Waals surface area (Å²) in [5.41, 5.74) is 0. The monoisotopic (exact) mass is 580 g/mol. The second kappa shape index (κ2) is 27.9. The summed E-state index contributed by atoms with van der Waals surface area (Å²) in [5.74, 6) is 2.08. The molecule has 41 heavy (non-hydrogen) atoms. The van der Waals surface area contributed by atoms with Gasteiger partial charge in [0.1, 0.15) is 5.76 Å². The SMILES string of the molecule is CCC1CCCO1.CCC1CCNCC1.CCCCN1CCOCC1.CCCN1CCCCC1.CCc1ccco1. The van der Waals surface area contributed by atoms with Crippen LogP contribution in [0.1, 0.15) is 117 Å². The number of likely N-dealkylation sites (tertiary alicyclic amines) is 1. The first kappa shape index (κ1) is 38.1. The number of aryl methyl sites for hydroxylation is 1. The van der Waals surface area contributed by atoms with Gasteiger partial charge in [-0.05, 0) is 115 Å². The van der Waals surface area contributed by atoms with Gasteiger partial charge in [-0.2, -0.15) is 0 Å². The number of rotatable bonds is 8. The van der Waals surface area contributed by atoms with Crippen LogP contribution < -0.4 is 5.32 Å². The summed E-state index contributed by atoms with van der Waals surface area (Å²) in [4.78, 5) is 5.05. The number of hydrogen-bond acceptors (Lipinski definition) is 6. The van der Waals surface area contributed by atoms with Crippen LogP contribution >= 0.6 is 0 Å². The van der Waals surface area contributed by atoms with Gasteiger partial charge in [0, 0.05) is 26.1 Å². The van der Waals surface area contributed by atoms with E-state index in [1.807, 2.05) is 12.1 Å². The number of hydrogen-bond donors (Lipinski definition) is 1. The van der Waals surface area contributed by atoms with Crippen LogP contribution in [0.2, 0.25) is 0 Å². The molecule has 4 fully saturated rings. The lowest BCUT2D eigenvalue weighted by Gasteiger charge is -2.26.